The molecule has 0 bridgehead atoms. The minimum atomic E-state index is -3.45. The molecular formula is C18H30F2O4SSi. The minimum Gasteiger partial charge on any atom is -0.549 e. The van der Waals surface area contributed by atoms with Crippen LogP contribution in [0.4, 0.5) is 8.78 Å². The molecular weight excluding hydrogens is 378 g/mol. The van der Waals surface area contributed by atoms with Gasteiger partial charge in [-0.15, -0.1) is 11.8 Å². The van der Waals surface area contributed by atoms with E-state index in [0.717, 1.165) is 12.9 Å². The summed E-state index contributed by atoms with van der Waals surface area (Å²) in [6.07, 6.45) is 0.581. The fourth-order valence-corrected chi connectivity index (χ4v) is 4.79. The lowest BCUT2D eigenvalue weighted by Crippen LogP contribution is -2.29. The molecule has 1 aliphatic carbocycles. The normalized spacial score (nSPS) is 18.7. The summed E-state index contributed by atoms with van der Waals surface area (Å²) >= 11 is 1.39. The van der Waals surface area contributed by atoms with Crippen LogP contribution >= 0.6 is 11.8 Å². The Morgan fingerprint density at radius 3 is 2.38 bits per heavy atom. The second kappa shape index (κ2) is 9.35. The van der Waals surface area contributed by atoms with Crippen LogP contribution in [-0.2, 0) is 18.8 Å². The van der Waals surface area contributed by atoms with Crippen LogP contribution in [0.15, 0.2) is 10.7 Å². The van der Waals surface area contributed by atoms with E-state index in [4.69, 9.17) is 4.43 Å². The summed E-state index contributed by atoms with van der Waals surface area (Å²) in [6.45, 7) is 10.4. The zero-order chi connectivity index (χ0) is 20.1. The molecule has 8 heteroatoms. The third-order valence-corrected chi connectivity index (χ3v) is 6.14. The number of hydrogen-bond donors (Lipinski definition) is 0. The lowest BCUT2D eigenvalue weighted by molar-refractivity contribution is -0.169. The first-order valence-electron chi connectivity index (χ1n) is 8.93. The van der Waals surface area contributed by atoms with E-state index in [9.17, 15) is 18.4 Å². The van der Waals surface area contributed by atoms with Crippen molar-refractivity contribution in [1.82, 2.24) is 0 Å². The van der Waals surface area contributed by atoms with Crippen molar-refractivity contribution in [1.29, 1.82) is 0 Å². The highest BCUT2D eigenvalue weighted by Crippen LogP contribution is 2.45. The van der Waals surface area contributed by atoms with Crippen molar-refractivity contribution in [3.8, 4) is 0 Å². The highest BCUT2D eigenvalue weighted by molar-refractivity contribution is 8.04. The van der Waals surface area contributed by atoms with Crippen LogP contribution in [0, 0.1) is 11.3 Å². The number of hydrogen-bond acceptors (Lipinski definition) is 5. The molecule has 0 heterocycles. The van der Waals surface area contributed by atoms with Crippen LogP contribution in [0.1, 0.15) is 46.5 Å². The molecule has 0 saturated carbocycles. The molecule has 1 aliphatic rings. The first-order valence-corrected chi connectivity index (χ1v) is 12.7. The smallest absolute Gasteiger partial charge is 0.376 e. The van der Waals surface area contributed by atoms with E-state index < -0.39 is 27.4 Å². The van der Waals surface area contributed by atoms with E-state index in [1.54, 1.807) is 0 Å². The topological polar surface area (TPSA) is 52.6 Å². The standard InChI is InChI=1S/C18H30F2O4SSi/c1-17(2,3)12-11-13(21)15(14(12)24-26(5)6)25-10-8-7-9-18(19,20)16(22)23-4/h12,26H,7-11H2,1-6H3. The average molecular weight is 409 g/mol. The zero-order valence-electron chi connectivity index (χ0n) is 16.5. The van der Waals surface area contributed by atoms with Gasteiger partial charge in [-0.25, -0.2) is 4.79 Å². The lowest BCUT2D eigenvalue weighted by Gasteiger charge is -2.30. The maximum Gasteiger partial charge on any atom is 0.376 e. The quantitative estimate of drug-likeness (QED) is 0.318. The molecule has 0 aliphatic heterocycles. The molecule has 0 aromatic heterocycles. The molecule has 0 aromatic carbocycles. The molecule has 26 heavy (non-hydrogen) atoms. The summed E-state index contributed by atoms with van der Waals surface area (Å²) < 4.78 is 37.1. The van der Waals surface area contributed by atoms with Crippen molar-refractivity contribution < 1.29 is 27.5 Å². The highest BCUT2D eigenvalue weighted by atomic mass is 32.2. The van der Waals surface area contributed by atoms with Gasteiger partial charge in [0, 0.05) is 18.8 Å². The van der Waals surface area contributed by atoms with E-state index >= 15 is 0 Å². The van der Waals surface area contributed by atoms with Crippen LogP contribution < -0.4 is 0 Å². The van der Waals surface area contributed by atoms with Gasteiger partial charge in [0.05, 0.1) is 12.0 Å². The molecule has 0 spiro atoms. The van der Waals surface area contributed by atoms with Crippen molar-refractivity contribution in [2.75, 3.05) is 12.9 Å². The first kappa shape index (κ1) is 23.1. The van der Waals surface area contributed by atoms with Gasteiger partial charge < -0.3 is 9.16 Å². The Morgan fingerprint density at radius 1 is 1.27 bits per heavy atom. The van der Waals surface area contributed by atoms with Crippen LogP contribution in [0.2, 0.25) is 13.1 Å². The fourth-order valence-electron chi connectivity index (χ4n) is 2.78. The number of halogens is 2. The number of alkyl halides is 2. The number of unbranched alkanes of at least 4 members (excludes halogenated alkanes) is 1. The van der Waals surface area contributed by atoms with Gasteiger partial charge in [-0.05, 0) is 37.1 Å². The maximum atomic E-state index is 13.4. The Balaban J connectivity index is 2.67. The number of rotatable bonds is 9. The molecule has 150 valence electrons. The Hall–Kier alpha value is -0.893. The van der Waals surface area contributed by atoms with E-state index in [1.807, 2.05) is 0 Å². The van der Waals surface area contributed by atoms with Crippen LogP contribution in [-0.4, -0.2) is 39.6 Å². The summed E-state index contributed by atoms with van der Waals surface area (Å²) in [5, 5.41) is 0. The second-order valence-electron chi connectivity index (χ2n) is 7.91. The molecule has 1 atom stereocenters. The zero-order valence-corrected chi connectivity index (χ0v) is 18.5. The second-order valence-corrected chi connectivity index (χ2v) is 11.3. The highest BCUT2D eigenvalue weighted by Gasteiger charge is 2.41. The maximum absolute atomic E-state index is 13.4. The summed E-state index contributed by atoms with van der Waals surface area (Å²) in [5.41, 5.74) is -0.0703. The molecule has 0 saturated heterocycles. The Bertz CT molecular complexity index is 556. The Kier molecular flexibility index (Phi) is 8.32. The monoisotopic (exact) mass is 408 g/mol. The Morgan fingerprint density at radius 2 is 1.88 bits per heavy atom. The fraction of sp³-hybridized carbons (Fsp3) is 0.778. The van der Waals surface area contributed by atoms with Crippen LogP contribution in [0.3, 0.4) is 0 Å². The average Bonchev–Trinajstić information content (AvgIpc) is 2.82. The third-order valence-electron chi connectivity index (χ3n) is 4.21. The molecule has 0 fully saturated rings. The van der Waals surface area contributed by atoms with Gasteiger partial charge in [0.15, 0.2) is 5.78 Å². The van der Waals surface area contributed by atoms with Crippen molar-refractivity contribution in [3.05, 3.63) is 10.7 Å². The molecule has 1 rings (SSSR count). The van der Waals surface area contributed by atoms with E-state index in [1.165, 1.54) is 11.8 Å². The molecule has 0 amide bonds. The molecule has 1 unspecified atom stereocenters. The van der Waals surface area contributed by atoms with Crippen molar-refractivity contribution in [2.45, 2.75) is 65.5 Å². The van der Waals surface area contributed by atoms with E-state index in [0.29, 0.717) is 23.5 Å². The number of allylic oxidation sites excluding steroid dienone is 2. The number of carbonyl (C=O) groups is 2. The van der Waals surface area contributed by atoms with Gasteiger partial charge in [-0.2, -0.15) is 8.78 Å². The number of carbonyl (C=O) groups excluding carboxylic acids is 2. The summed E-state index contributed by atoms with van der Waals surface area (Å²) in [4.78, 5) is 24.1. The SMILES string of the molecule is COC(=O)C(F)(F)CCCCSC1=C(O[SiH](C)C)C(C(C)(C)C)CC1=O. The third kappa shape index (κ3) is 6.37. The lowest BCUT2D eigenvalue weighted by atomic mass is 9.79. The van der Waals surface area contributed by atoms with Gasteiger partial charge >= 0.3 is 11.9 Å². The minimum absolute atomic E-state index is 0.0658. The van der Waals surface area contributed by atoms with Gasteiger partial charge in [0.25, 0.3) is 0 Å². The molecule has 0 aromatic rings. The number of ether oxygens (including phenoxy) is 1. The largest absolute Gasteiger partial charge is 0.549 e. The molecule has 0 N–H and O–H groups in total. The Labute approximate surface area is 160 Å². The van der Waals surface area contributed by atoms with Crippen LogP contribution in [0.5, 0.6) is 0 Å². The van der Waals surface area contributed by atoms with E-state index in [2.05, 4.69) is 38.6 Å². The molecule has 4 nitrogen and oxygen atoms in total. The van der Waals surface area contributed by atoms with Gasteiger partial charge in [0.2, 0.25) is 9.04 Å². The summed E-state index contributed by atoms with van der Waals surface area (Å²) in [7, 11) is -0.405. The van der Waals surface area contributed by atoms with Crippen molar-refractivity contribution >= 4 is 32.6 Å². The van der Waals surface area contributed by atoms with Gasteiger partial charge in [-0.1, -0.05) is 20.8 Å². The van der Waals surface area contributed by atoms with Crippen molar-refractivity contribution in [2.24, 2.45) is 11.3 Å². The van der Waals surface area contributed by atoms with E-state index in [-0.39, 0.29) is 23.5 Å². The van der Waals surface area contributed by atoms with Crippen LogP contribution in [0.25, 0.3) is 0 Å². The number of esters is 1. The first-order chi connectivity index (χ1) is 11.9. The predicted octanol–water partition coefficient (Wildman–Crippen LogP) is 4.54. The summed E-state index contributed by atoms with van der Waals surface area (Å²) in [6, 6.07) is 0. The molecule has 0 radical (unpaired) electrons. The number of methoxy groups -OCH3 is 1. The number of thioether (sulfide) groups is 1. The number of Topliss-reactive ketones (excluding diaryl/α,β-unsaturated/α-hetero) is 1. The predicted molar refractivity (Wildman–Crippen MR) is 103 cm³/mol. The summed E-state index contributed by atoms with van der Waals surface area (Å²) in [5.74, 6) is -3.45. The van der Waals surface area contributed by atoms with Gasteiger partial charge in [0.1, 0.15) is 5.76 Å². The van der Waals surface area contributed by atoms with Gasteiger partial charge in [-0.3, -0.25) is 4.79 Å². The number of ketones is 1. The van der Waals surface area contributed by atoms with Crippen molar-refractivity contribution in [3.63, 3.8) is 0 Å².